The van der Waals surface area contributed by atoms with Gasteiger partial charge in [0, 0.05) is 23.4 Å². The van der Waals surface area contributed by atoms with Gasteiger partial charge in [-0.1, -0.05) is 6.42 Å². The van der Waals surface area contributed by atoms with Crippen molar-refractivity contribution in [2.75, 3.05) is 17.6 Å². The summed E-state index contributed by atoms with van der Waals surface area (Å²) >= 11 is 1.73. The number of rotatable bonds is 7. The largest absolute Gasteiger partial charge is 0.330 e. The van der Waals surface area contributed by atoms with Crippen molar-refractivity contribution >= 4 is 29.7 Å². The summed E-state index contributed by atoms with van der Waals surface area (Å²) in [6.07, 6.45) is 6.22. The molecule has 0 aliphatic carbocycles. The normalized spacial score (nSPS) is 20.3. The van der Waals surface area contributed by atoms with Crippen molar-refractivity contribution in [3.63, 3.8) is 0 Å². The lowest BCUT2D eigenvalue weighted by Gasteiger charge is -2.31. The molecule has 0 radical (unpaired) electrons. The van der Waals surface area contributed by atoms with Crippen molar-refractivity contribution in [3.8, 4) is 6.07 Å². The molecule has 1 aliphatic heterocycles. The topological polar surface area (TPSA) is 117 Å². The van der Waals surface area contributed by atoms with E-state index in [9.17, 15) is 9.18 Å². The van der Waals surface area contributed by atoms with E-state index >= 15 is 0 Å². The van der Waals surface area contributed by atoms with Crippen LogP contribution < -0.4 is 11.1 Å². The third kappa shape index (κ3) is 5.46. The lowest BCUT2D eigenvalue weighted by Crippen LogP contribution is -2.32. The van der Waals surface area contributed by atoms with Gasteiger partial charge >= 0.3 is 0 Å². The molecule has 162 valence electrons. The van der Waals surface area contributed by atoms with Crippen LogP contribution in [0, 0.1) is 24.1 Å². The summed E-state index contributed by atoms with van der Waals surface area (Å²) in [6, 6.07) is 6.27. The first kappa shape index (κ1) is 22.8. The molecule has 1 amide bonds. The second-order valence-corrected chi connectivity index (χ2v) is 8.90. The minimum atomic E-state index is -0.817. The molecule has 3 N–H and O–H groups in total. The van der Waals surface area contributed by atoms with Crippen LogP contribution in [0.5, 0.6) is 0 Å². The summed E-state index contributed by atoms with van der Waals surface area (Å²) in [7, 11) is 0. The first-order chi connectivity index (χ1) is 14.9. The van der Waals surface area contributed by atoms with Crippen LogP contribution in [0.25, 0.3) is 0 Å². The number of aliphatic imine (C=N–C) groups is 1. The van der Waals surface area contributed by atoms with Crippen molar-refractivity contribution in [1.29, 1.82) is 5.26 Å². The van der Waals surface area contributed by atoms with Gasteiger partial charge in [0.1, 0.15) is 34.6 Å². The summed E-state index contributed by atoms with van der Waals surface area (Å²) in [5.74, 6) is -0.126. The van der Waals surface area contributed by atoms with Gasteiger partial charge in [-0.25, -0.2) is 14.4 Å². The number of hydrogen-bond donors (Lipinski definition) is 2. The number of amides is 1. The molecule has 0 aromatic carbocycles. The number of anilines is 1. The van der Waals surface area contributed by atoms with E-state index in [1.54, 1.807) is 24.8 Å². The molecule has 9 heteroatoms. The number of unbranched alkanes of at least 4 members (excludes halogenated alkanes) is 1. The number of carbonyl (C=O) groups is 1. The number of nitrogens with one attached hydrogen (secondary N) is 1. The van der Waals surface area contributed by atoms with Crippen LogP contribution in [0.1, 0.15) is 53.5 Å². The van der Waals surface area contributed by atoms with E-state index in [2.05, 4.69) is 20.3 Å². The lowest BCUT2D eigenvalue weighted by atomic mass is 9.99. The Morgan fingerprint density at radius 1 is 1.45 bits per heavy atom. The first-order valence-electron chi connectivity index (χ1n) is 10.1. The summed E-state index contributed by atoms with van der Waals surface area (Å²) in [4.78, 5) is 25.7. The molecule has 1 aliphatic rings. The van der Waals surface area contributed by atoms with Gasteiger partial charge in [-0.2, -0.15) is 5.26 Å². The highest BCUT2D eigenvalue weighted by Crippen LogP contribution is 2.36. The monoisotopic (exact) mass is 440 g/mol. The Morgan fingerprint density at radius 2 is 2.26 bits per heavy atom. The maximum atomic E-state index is 14.6. The van der Waals surface area contributed by atoms with E-state index in [4.69, 9.17) is 11.0 Å². The molecule has 0 saturated heterocycles. The molecule has 7 nitrogen and oxygen atoms in total. The summed E-state index contributed by atoms with van der Waals surface area (Å²) in [6.45, 7) is 4.22. The number of pyridine rings is 2. The Kier molecular flexibility index (Phi) is 7.36. The lowest BCUT2D eigenvalue weighted by molar-refractivity contribution is 0.102. The van der Waals surface area contributed by atoms with Crippen LogP contribution in [0.15, 0.2) is 29.4 Å². The van der Waals surface area contributed by atoms with E-state index in [-0.39, 0.29) is 22.5 Å². The van der Waals surface area contributed by atoms with Crippen LogP contribution >= 0.6 is 11.8 Å². The number of carbonyl (C=O) groups excluding carboxylic acids is 1. The van der Waals surface area contributed by atoms with Crippen LogP contribution in [0.4, 0.5) is 10.2 Å². The predicted octanol–water partition coefficient (Wildman–Crippen LogP) is 3.58. The molecule has 2 aromatic heterocycles. The van der Waals surface area contributed by atoms with E-state index < -0.39 is 17.3 Å². The zero-order chi connectivity index (χ0) is 22.4. The highest BCUT2D eigenvalue weighted by atomic mass is 32.2. The van der Waals surface area contributed by atoms with Gasteiger partial charge in [0.25, 0.3) is 5.91 Å². The van der Waals surface area contributed by atoms with E-state index in [0.29, 0.717) is 23.4 Å². The van der Waals surface area contributed by atoms with Crippen molar-refractivity contribution in [3.05, 3.63) is 52.7 Å². The maximum absolute atomic E-state index is 14.6. The molecular weight excluding hydrogens is 415 g/mol. The van der Waals surface area contributed by atoms with Crippen molar-refractivity contribution in [1.82, 2.24) is 9.97 Å². The van der Waals surface area contributed by atoms with Gasteiger partial charge in [0.05, 0.1) is 5.56 Å². The zero-order valence-corrected chi connectivity index (χ0v) is 18.4. The summed E-state index contributed by atoms with van der Waals surface area (Å²) in [5.41, 5.74) is 6.05. The number of aromatic nitrogens is 2. The number of aryl methyl sites for hydroxylation is 1. The molecule has 0 saturated carbocycles. The minimum Gasteiger partial charge on any atom is -0.330 e. The fourth-order valence-electron chi connectivity index (χ4n) is 3.31. The van der Waals surface area contributed by atoms with Gasteiger partial charge in [-0.3, -0.25) is 9.79 Å². The maximum Gasteiger partial charge on any atom is 0.275 e. The molecule has 31 heavy (non-hydrogen) atoms. The number of nitrogens with two attached hydrogens (primary N) is 1. The predicted molar refractivity (Wildman–Crippen MR) is 121 cm³/mol. The van der Waals surface area contributed by atoms with Crippen molar-refractivity contribution in [2.24, 2.45) is 10.7 Å². The Morgan fingerprint density at radius 3 is 2.90 bits per heavy atom. The Hall–Kier alpha value is -2.83. The number of nitrogens with zero attached hydrogens (tertiary/aromatic N) is 4. The molecule has 2 unspecified atom stereocenters. The second kappa shape index (κ2) is 9.98. The molecule has 0 fully saturated rings. The average molecular weight is 441 g/mol. The van der Waals surface area contributed by atoms with E-state index in [1.165, 1.54) is 18.3 Å². The van der Waals surface area contributed by atoms with E-state index in [0.717, 1.165) is 19.3 Å². The SMILES string of the molecule is Cc1cc(C#N)cnc1C(=O)Nc1ccc(F)c(C2(C)CSC(CCCCN)C=N2)n1. The van der Waals surface area contributed by atoms with Crippen molar-refractivity contribution in [2.45, 2.75) is 43.9 Å². The van der Waals surface area contributed by atoms with Gasteiger partial charge < -0.3 is 11.1 Å². The van der Waals surface area contributed by atoms with Gasteiger partial charge in [-0.15, -0.1) is 11.8 Å². The van der Waals surface area contributed by atoms with Crippen LogP contribution in [0.2, 0.25) is 0 Å². The quantitative estimate of drug-likeness (QED) is 0.636. The van der Waals surface area contributed by atoms with Crippen LogP contribution in [0.3, 0.4) is 0 Å². The third-order valence-corrected chi connectivity index (χ3v) is 6.58. The third-order valence-electron chi connectivity index (χ3n) is 5.07. The Balaban J connectivity index is 1.77. The number of nitriles is 1. The fraction of sp³-hybridized carbons (Fsp3) is 0.409. The number of hydrogen-bond acceptors (Lipinski definition) is 7. The highest BCUT2D eigenvalue weighted by Gasteiger charge is 2.34. The second-order valence-electron chi connectivity index (χ2n) is 7.67. The zero-order valence-electron chi connectivity index (χ0n) is 17.6. The summed E-state index contributed by atoms with van der Waals surface area (Å²) < 4.78 is 14.6. The number of halogens is 1. The fourth-order valence-corrected chi connectivity index (χ4v) is 4.54. The average Bonchev–Trinajstić information content (AvgIpc) is 2.76. The van der Waals surface area contributed by atoms with Gasteiger partial charge in [-0.05, 0) is 57.0 Å². The minimum absolute atomic E-state index is 0.185. The Labute approximate surface area is 185 Å². The molecule has 0 spiro atoms. The number of thioether (sulfide) groups is 1. The smallest absolute Gasteiger partial charge is 0.275 e. The molecule has 2 aromatic rings. The molecular formula is C22H25FN6OS. The van der Waals surface area contributed by atoms with Crippen LogP contribution in [-0.4, -0.2) is 39.6 Å². The summed E-state index contributed by atoms with van der Waals surface area (Å²) in [5, 5.41) is 11.9. The molecule has 3 rings (SSSR count). The standard InChI is InChI=1S/C22H25FN6OS/c1-14-9-15(10-25)11-26-19(14)21(30)29-18-7-6-17(23)20(28-18)22(2)13-31-16(12-27-22)5-3-4-8-24/h6-7,9,11-12,16H,3-5,8,13,24H2,1-2H3,(H,28,29,30). The van der Waals surface area contributed by atoms with Crippen molar-refractivity contribution < 1.29 is 9.18 Å². The molecule has 0 bridgehead atoms. The van der Waals surface area contributed by atoms with Gasteiger partial charge in [0.2, 0.25) is 0 Å². The highest BCUT2D eigenvalue weighted by molar-refractivity contribution is 8.00. The molecule has 2 atom stereocenters. The molecule has 3 heterocycles. The van der Waals surface area contributed by atoms with Gasteiger partial charge in [0.15, 0.2) is 0 Å². The first-order valence-corrected chi connectivity index (χ1v) is 11.1. The Bertz CT molecular complexity index is 1040. The van der Waals surface area contributed by atoms with E-state index in [1.807, 2.05) is 19.2 Å². The van der Waals surface area contributed by atoms with Crippen LogP contribution in [-0.2, 0) is 5.54 Å².